The predicted octanol–water partition coefficient (Wildman–Crippen LogP) is 12.1. The highest BCUT2D eigenvalue weighted by atomic mass is 19.2. The summed E-state index contributed by atoms with van der Waals surface area (Å²) >= 11 is 0. The fourth-order valence-electron chi connectivity index (χ4n) is 6.72. The molecular weight excluding hydrogens is 682 g/mol. The van der Waals surface area contributed by atoms with Gasteiger partial charge >= 0.3 is 0 Å². The van der Waals surface area contributed by atoms with E-state index in [0.29, 0.717) is 12.8 Å². The van der Waals surface area contributed by atoms with Gasteiger partial charge < -0.3 is 0 Å². The molecule has 0 unspecified atom stereocenters. The van der Waals surface area contributed by atoms with E-state index in [0.717, 1.165) is 73.6 Å². The van der Waals surface area contributed by atoms with Gasteiger partial charge in [-0.2, -0.15) is 0 Å². The molecule has 4 aromatic rings. The monoisotopic (exact) mass is 714 g/mol. The van der Waals surface area contributed by atoms with Gasteiger partial charge in [0.15, 0.2) is 46.5 Å². The molecule has 10 heteroatoms. The van der Waals surface area contributed by atoms with Gasteiger partial charge in [0, 0.05) is 16.5 Å². The van der Waals surface area contributed by atoms with Gasteiger partial charge in [0.1, 0.15) is 11.1 Å². The predicted molar refractivity (Wildman–Crippen MR) is 175 cm³/mol. The van der Waals surface area contributed by atoms with Crippen LogP contribution in [0.25, 0.3) is 11.1 Å². The molecule has 0 saturated carbocycles. The number of rotatable bonds is 10. The second-order valence-electron chi connectivity index (χ2n) is 12.6. The number of unbranched alkanes of at least 4 members (excludes halogenated alkanes) is 6. The lowest BCUT2D eigenvalue weighted by atomic mass is 9.70. The van der Waals surface area contributed by atoms with E-state index in [9.17, 15) is 43.9 Å². The Morgan fingerprint density at radius 2 is 0.745 bits per heavy atom. The summed E-state index contributed by atoms with van der Waals surface area (Å²) in [7, 11) is 0. The summed E-state index contributed by atoms with van der Waals surface area (Å²) in [6.45, 7) is 4.15. The molecule has 0 radical (unpaired) electrons. The van der Waals surface area contributed by atoms with Crippen LogP contribution in [0.1, 0.15) is 111 Å². The topological polar surface area (TPSA) is 0 Å². The molecule has 0 fully saturated rings. The van der Waals surface area contributed by atoms with Gasteiger partial charge in [0.2, 0.25) is 11.6 Å². The maximum absolute atomic E-state index is 14.4. The van der Waals surface area contributed by atoms with Gasteiger partial charge in [-0.05, 0) is 59.4 Å². The molecule has 0 amide bonds. The minimum absolute atomic E-state index is 0.267. The van der Waals surface area contributed by atoms with Crippen LogP contribution in [0.2, 0.25) is 0 Å². The first-order valence-corrected chi connectivity index (χ1v) is 16.7. The minimum atomic E-state index is -2.28. The number of halogens is 10. The molecule has 0 aromatic heterocycles. The van der Waals surface area contributed by atoms with Crippen LogP contribution in [0.4, 0.5) is 43.9 Å². The lowest BCUT2D eigenvalue weighted by molar-refractivity contribution is 0.376. The zero-order valence-corrected chi connectivity index (χ0v) is 27.8. The second kappa shape index (κ2) is 15.7. The van der Waals surface area contributed by atoms with Crippen LogP contribution in [0.3, 0.4) is 0 Å². The second-order valence-corrected chi connectivity index (χ2v) is 12.6. The number of benzene rings is 4. The van der Waals surface area contributed by atoms with Gasteiger partial charge in [-0.25, -0.2) is 43.9 Å². The third-order valence-corrected chi connectivity index (χ3v) is 9.36. The van der Waals surface area contributed by atoms with Crippen LogP contribution in [0.5, 0.6) is 0 Å². The molecule has 0 aliphatic heterocycles. The molecule has 5 rings (SSSR count). The van der Waals surface area contributed by atoms with Crippen LogP contribution in [0.15, 0.2) is 36.4 Å². The van der Waals surface area contributed by atoms with Crippen molar-refractivity contribution in [3.8, 4) is 34.8 Å². The Bertz CT molecular complexity index is 1900. The highest BCUT2D eigenvalue weighted by molar-refractivity contribution is 5.82. The van der Waals surface area contributed by atoms with Crippen molar-refractivity contribution in [2.75, 3.05) is 0 Å². The smallest absolute Gasteiger partial charge is 0.200 e. The molecule has 1 aliphatic carbocycles. The zero-order chi connectivity index (χ0) is 37.0. The quantitative estimate of drug-likeness (QED) is 0.0504. The van der Waals surface area contributed by atoms with Crippen LogP contribution in [-0.4, -0.2) is 0 Å². The van der Waals surface area contributed by atoms with Crippen molar-refractivity contribution in [1.82, 2.24) is 0 Å². The van der Waals surface area contributed by atoms with Crippen molar-refractivity contribution in [3.63, 3.8) is 0 Å². The first-order valence-electron chi connectivity index (χ1n) is 16.7. The highest BCUT2D eigenvalue weighted by Gasteiger charge is 2.42. The van der Waals surface area contributed by atoms with Crippen molar-refractivity contribution in [1.29, 1.82) is 0 Å². The summed E-state index contributed by atoms with van der Waals surface area (Å²) in [5.41, 5.74) is 0.673. The van der Waals surface area contributed by atoms with E-state index < -0.39 is 74.7 Å². The molecule has 0 atom stereocenters. The zero-order valence-electron chi connectivity index (χ0n) is 27.8. The Hall–Kier alpha value is -4.70. The van der Waals surface area contributed by atoms with Crippen LogP contribution >= 0.6 is 0 Å². The third-order valence-electron chi connectivity index (χ3n) is 9.36. The van der Waals surface area contributed by atoms with Crippen molar-refractivity contribution >= 4 is 0 Å². The van der Waals surface area contributed by atoms with Crippen LogP contribution in [-0.2, 0) is 5.41 Å². The average Bonchev–Trinajstić information content (AvgIpc) is 3.39. The molecule has 0 saturated heterocycles. The summed E-state index contributed by atoms with van der Waals surface area (Å²) in [5.74, 6) is -11.7. The molecule has 0 bridgehead atoms. The summed E-state index contributed by atoms with van der Waals surface area (Å²) in [6.07, 6.45) is 8.66. The Morgan fingerprint density at radius 3 is 1.08 bits per heavy atom. The normalized spacial score (nSPS) is 12.5. The average molecular weight is 715 g/mol. The molecular formula is C41H32F10. The first-order chi connectivity index (χ1) is 24.4. The number of fused-ring (bicyclic) bond motifs is 3. The maximum atomic E-state index is 14.4. The Balaban J connectivity index is 1.66. The maximum Gasteiger partial charge on any atom is 0.200 e. The molecule has 0 N–H and O–H groups in total. The Morgan fingerprint density at radius 1 is 0.412 bits per heavy atom. The minimum Gasteiger partial charge on any atom is -0.202 e. The first kappa shape index (κ1) is 37.6. The van der Waals surface area contributed by atoms with Crippen LogP contribution in [0, 0.1) is 81.9 Å². The highest BCUT2D eigenvalue weighted by Crippen LogP contribution is 2.54. The molecule has 266 valence electrons. The van der Waals surface area contributed by atoms with Gasteiger partial charge in [0.05, 0.1) is 0 Å². The Kier molecular flexibility index (Phi) is 11.5. The summed E-state index contributed by atoms with van der Waals surface area (Å²) in [5, 5.41) is 0. The summed E-state index contributed by atoms with van der Waals surface area (Å²) in [4.78, 5) is 0. The van der Waals surface area contributed by atoms with E-state index in [4.69, 9.17) is 0 Å². The van der Waals surface area contributed by atoms with Crippen molar-refractivity contribution in [3.05, 3.63) is 128 Å². The fourth-order valence-corrected chi connectivity index (χ4v) is 6.72. The third kappa shape index (κ3) is 7.11. The lowest BCUT2D eigenvalue weighted by Gasteiger charge is -2.33. The van der Waals surface area contributed by atoms with Crippen LogP contribution < -0.4 is 0 Å². The van der Waals surface area contributed by atoms with Gasteiger partial charge in [-0.3, -0.25) is 0 Å². The summed E-state index contributed by atoms with van der Waals surface area (Å²) < 4.78 is 140. The SMILES string of the molecule is CCCCCCC1(CCCCCC)c2cc(C#Cc3c(F)c(F)c(F)c(F)c3F)ccc2-c2ccc(C#Cc3c(F)c(F)c(F)c(F)c3F)cc21. The molecule has 1 aliphatic rings. The van der Waals surface area contributed by atoms with E-state index in [2.05, 4.69) is 37.5 Å². The van der Waals surface area contributed by atoms with Crippen molar-refractivity contribution in [2.24, 2.45) is 0 Å². The van der Waals surface area contributed by atoms with E-state index in [-0.39, 0.29) is 11.1 Å². The van der Waals surface area contributed by atoms with Crippen molar-refractivity contribution < 1.29 is 43.9 Å². The standard InChI is InChI=1S/C41H32F10/c1-3-5-7-9-19-41(20-10-8-6-4-2)29-21-23(13-17-27-31(42)35(46)39(50)36(47)32(27)43)11-15-25(29)26-16-12-24(22-30(26)41)14-18-28-33(44)37(48)40(51)38(49)34(28)45/h11-12,15-16,21-22H,3-10,19-20H2,1-2H3. The molecule has 0 heterocycles. The molecule has 51 heavy (non-hydrogen) atoms. The van der Waals surface area contributed by atoms with Gasteiger partial charge in [-0.1, -0.05) is 101 Å². The fraction of sp³-hybridized carbons (Fsp3) is 0.317. The molecule has 4 aromatic carbocycles. The lowest BCUT2D eigenvalue weighted by Crippen LogP contribution is -2.26. The molecule has 0 spiro atoms. The van der Waals surface area contributed by atoms with E-state index >= 15 is 0 Å². The van der Waals surface area contributed by atoms with E-state index in [1.54, 1.807) is 36.4 Å². The van der Waals surface area contributed by atoms with Gasteiger partial charge in [0.25, 0.3) is 0 Å². The number of hydrogen-bond acceptors (Lipinski definition) is 0. The summed E-state index contributed by atoms with van der Waals surface area (Å²) in [6, 6.07) is 10.2. The molecule has 0 nitrogen and oxygen atoms in total. The van der Waals surface area contributed by atoms with Crippen molar-refractivity contribution in [2.45, 2.75) is 83.5 Å². The van der Waals surface area contributed by atoms with Gasteiger partial charge in [-0.15, -0.1) is 0 Å². The van der Waals surface area contributed by atoms with E-state index in [1.165, 1.54) is 0 Å². The number of hydrogen-bond donors (Lipinski definition) is 0. The largest absolute Gasteiger partial charge is 0.202 e. The Labute approximate surface area is 289 Å². The van der Waals surface area contributed by atoms with E-state index in [1.807, 2.05) is 0 Å².